The third-order valence-electron chi connectivity index (χ3n) is 2.25. The zero-order valence-electron chi connectivity index (χ0n) is 10.6. The largest absolute Gasteiger partial charge is 0.481 e. The van der Waals surface area contributed by atoms with E-state index in [-0.39, 0.29) is 5.75 Å². The predicted molar refractivity (Wildman–Crippen MR) is 70.0 cm³/mol. The highest BCUT2D eigenvalue weighted by Gasteiger charge is 2.06. The Morgan fingerprint density at radius 3 is 2.72 bits per heavy atom. The molecule has 0 aliphatic heterocycles. The second-order valence-corrected chi connectivity index (χ2v) is 5.63. The molecule has 1 rings (SSSR count). The maximum Gasteiger partial charge on any atom is 0.212 e. The molecule has 0 aromatic carbocycles. The number of nitrogens with zero attached hydrogens (tertiary/aromatic N) is 1. The molecule has 7 heteroatoms. The van der Waals surface area contributed by atoms with Crippen molar-refractivity contribution in [1.82, 2.24) is 15.0 Å². The smallest absolute Gasteiger partial charge is 0.212 e. The molecular formula is C11H19N3O3S. The number of hydrogen-bond acceptors (Lipinski definition) is 5. The van der Waals surface area contributed by atoms with E-state index in [1.54, 1.807) is 26.3 Å². The lowest BCUT2D eigenvalue weighted by atomic mass is 10.3. The number of methoxy groups -OCH3 is 1. The van der Waals surface area contributed by atoms with Crippen LogP contribution in [0.5, 0.6) is 5.88 Å². The summed E-state index contributed by atoms with van der Waals surface area (Å²) in [6.07, 6.45) is 1.70. The summed E-state index contributed by atoms with van der Waals surface area (Å²) in [4.78, 5) is 4.06. The molecule has 0 saturated carbocycles. The lowest BCUT2D eigenvalue weighted by Gasteiger charge is -2.06. The van der Waals surface area contributed by atoms with Gasteiger partial charge in [-0.15, -0.1) is 0 Å². The van der Waals surface area contributed by atoms with E-state index < -0.39 is 10.0 Å². The van der Waals surface area contributed by atoms with Gasteiger partial charge in [-0.2, -0.15) is 0 Å². The van der Waals surface area contributed by atoms with Crippen LogP contribution in [0.4, 0.5) is 0 Å². The average molecular weight is 273 g/mol. The lowest BCUT2D eigenvalue weighted by Crippen LogP contribution is -2.31. The molecule has 0 bridgehead atoms. The Kier molecular flexibility index (Phi) is 6.03. The predicted octanol–water partition coefficient (Wildman–Crippen LogP) is 0.119. The fourth-order valence-corrected chi connectivity index (χ4v) is 2.36. The molecule has 0 saturated heterocycles. The van der Waals surface area contributed by atoms with Gasteiger partial charge < -0.3 is 10.1 Å². The molecule has 18 heavy (non-hydrogen) atoms. The van der Waals surface area contributed by atoms with Crippen LogP contribution in [0.25, 0.3) is 0 Å². The molecule has 0 radical (unpaired) electrons. The standard InChI is InChI=1S/C11H19N3O3S/c1-3-14-18(15,16)7-6-12-8-10-4-5-11(17-2)13-9-10/h4-5,9,12,14H,3,6-8H2,1-2H3. The summed E-state index contributed by atoms with van der Waals surface area (Å²) in [5.74, 6) is 0.637. The summed E-state index contributed by atoms with van der Waals surface area (Å²) in [5, 5.41) is 3.05. The van der Waals surface area contributed by atoms with Gasteiger partial charge in [-0.1, -0.05) is 13.0 Å². The highest BCUT2D eigenvalue weighted by molar-refractivity contribution is 7.89. The van der Waals surface area contributed by atoms with Gasteiger partial charge >= 0.3 is 0 Å². The molecule has 6 nitrogen and oxygen atoms in total. The number of rotatable bonds is 8. The van der Waals surface area contributed by atoms with Crippen LogP contribution in [0.1, 0.15) is 12.5 Å². The van der Waals surface area contributed by atoms with Gasteiger partial charge in [0.1, 0.15) is 0 Å². The Bertz CT molecular complexity index is 445. The first-order valence-electron chi connectivity index (χ1n) is 5.74. The number of hydrogen-bond donors (Lipinski definition) is 2. The van der Waals surface area contributed by atoms with Crippen LogP contribution >= 0.6 is 0 Å². The summed E-state index contributed by atoms with van der Waals surface area (Å²) in [5.41, 5.74) is 0.983. The van der Waals surface area contributed by atoms with Gasteiger partial charge in [-0.05, 0) is 5.56 Å². The zero-order valence-corrected chi connectivity index (χ0v) is 11.5. The van der Waals surface area contributed by atoms with Crippen molar-refractivity contribution in [3.63, 3.8) is 0 Å². The van der Waals surface area contributed by atoms with Crippen LogP contribution in [0.3, 0.4) is 0 Å². The Hall–Kier alpha value is -1.18. The number of ether oxygens (including phenoxy) is 1. The molecule has 0 fully saturated rings. The third-order valence-corrected chi connectivity index (χ3v) is 3.72. The summed E-state index contributed by atoms with van der Waals surface area (Å²) in [6, 6.07) is 3.66. The lowest BCUT2D eigenvalue weighted by molar-refractivity contribution is 0.397. The Morgan fingerprint density at radius 2 is 2.17 bits per heavy atom. The van der Waals surface area contributed by atoms with E-state index in [2.05, 4.69) is 15.0 Å². The fraction of sp³-hybridized carbons (Fsp3) is 0.545. The minimum Gasteiger partial charge on any atom is -0.481 e. The van der Waals surface area contributed by atoms with Gasteiger partial charge in [0.05, 0.1) is 12.9 Å². The number of pyridine rings is 1. The highest BCUT2D eigenvalue weighted by atomic mass is 32.2. The molecule has 0 aliphatic rings. The van der Waals surface area contributed by atoms with E-state index in [1.165, 1.54) is 0 Å². The SMILES string of the molecule is CCNS(=O)(=O)CCNCc1ccc(OC)nc1. The first-order valence-corrected chi connectivity index (χ1v) is 7.39. The van der Waals surface area contributed by atoms with Gasteiger partial charge in [0.15, 0.2) is 0 Å². The molecule has 102 valence electrons. The van der Waals surface area contributed by atoms with Crippen LogP contribution in [-0.4, -0.2) is 39.4 Å². The van der Waals surface area contributed by atoms with E-state index in [0.29, 0.717) is 25.5 Å². The monoisotopic (exact) mass is 273 g/mol. The number of nitrogens with one attached hydrogen (secondary N) is 2. The molecule has 0 unspecified atom stereocenters. The third kappa shape index (κ3) is 5.44. The van der Waals surface area contributed by atoms with Crippen LogP contribution < -0.4 is 14.8 Å². The van der Waals surface area contributed by atoms with Gasteiger partial charge in [0, 0.05) is 31.9 Å². The fourth-order valence-electron chi connectivity index (χ4n) is 1.37. The van der Waals surface area contributed by atoms with E-state index in [9.17, 15) is 8.42 Å². The van der Waals surface area contributed by atoms with Crippen molar-refractivity contribution < 1.29 is 13.2 Å². The molecule has 1 heterocycles. The Labute approximate surface area is 108 Å². The van der Waals surface area contributed by atoms with Crippen LogP contribution in [0.2, 0.25) is 0 Å². The Morgan fingerprint density at radius 1 is 1.39 bits per heavy atom. The van der Waals surface area contributed by atoms with E-state index in [0.717, 1.165) is 5.56 Å². The van der Waals surface area contributed by atoms with Crippen LogP contribution in [0.15, 0.2) is 18.3 Å². The summed E-state index contributed by atoms with van der Waals surface area (Å²) in [7, 11) is -1.58. The maximum absolute atomic E-state index is 11.3. The topological polar surface area (TPSA) is 80.3 Å². The summed E-state index contributed by atoms with van der Waals surface area (Å²) in [6.45, 7) is 3.17. The van der Waals surface area contributed by atoms with Gasteiger partial charge in [-0.3, -0.25) is 0 Å². The van der Waals surface area contributed by atoms with Gasteiger partial charge in [0.2, 0.25) is 15.9 Å². The molecule has 0 spiro atoms. The molecule has 0 atom stereocenters. The number of sulfonamides is 1. The van der Waals surface area contributed by atoms with E-state index in [1.807, 2.05) is 6.07 Å². The molecular weight excluding hydrogens is 254 g/mol. The zero-order chi connectivity index (χ0) is 13.4. The quantitative estimate of drug-likeness (QED) is 0.658. The van der Waals surface area contributed by atoms with Crippen molar-refractivity contribution in [2.75, 3.05) is 26.0 Å². The highest BCUT2D eigenvalue weighted by Crippen LogP contribution is 2.05. The van der Waals surface area contributed by atoms with Crippen molar-refractivity contribution in [3.05, 3.63) is 23.9 Å². The molecule has 0 amide bonds. The molecule has 0 aliphatic carbocycles. The molecule has 2 N–H and O–H groups in total. The van der Waals surface area contributed by atoms with Crippen molar-refractivity contribution in [3.8, 4) is 5.88 Å². The Balaban J connectivity index is 2.29. The second-order valence-electron chi connectivity index (χ2n) is 3.70. The first-order chi connectivity index (χ1) is 8.57. The van der Waals surface area contributed by atoms with Crippen molar-refractivity contribution in [1.29, 1.82) is 0 Å². The molecule has 1 aromatic heterocycles. The second kappa shape index (κ2) is 7.30. The van der Waals surface area contributed by atoms with Gasteiger partial charge in [-0.25, -0.2) is 18.1 Å². The summed E-state index contributed by atoms with van der Waals surface area (Å²) >= 11 is 0. The number of aromatic nitrogens is 1. The van der Waals surface area contributed by atoms with Crippen molar-refractivity contribution >= 4 is 10.0 Å². The van der Waals surface area contributed by atoms with E-state index in [4.69, 9.17) is 4.74 Å². The first kappa shape index (κ1) is 14.9. The van der Waals surface area contributed by atoms with Crippen molar-refractivity contribution in [2.24, 2.45) is 0 Å². The normalized spacial score (nSPS) is 11.4. The summed E-state index contributed by atoms with van der Waals surface area (Å²) < 4.78 is 30.1. The van der Waals surface area contributed by atoms with Crippen LogP contribution in [0, 0.1) is 0 Å². The minimum absolute atomic E-state index is 0.0738. The minimum atomic E-state index is -3.14. The van der Waals surface area contributed by atoms with Crippen molar-refractivity contribution in [2.45, 2.75) is 13.5 Å². The molecule has 1 aromatic rings. The maximum atomic E-state index is 11.3. The average Bonchev–Trinajstić information content (AvgIpc) is 2.35. The van der Waals surface area contributed by atoms with Crippen LogP contribution in [-0.2, 0) is 16.6 Å². The van der Waals surface area contributed by atoms with Gasteiger partial charge in [0.25, 0.3) is 0 Å². The van der Waals surface area contributed by atoms with E-state index >= 15 is 0 Å².